The van der Waals surface area contributed by atoms with Gasteiger partial charge in [-0.2, -0.15) is 0 Å². The van der Waals surface area contributed by atoms with Crippen LogP contribution in [0.5, 0.6) is 0 Å². The van der Waals surface area contributed by atoms with Crippen molar-refractivity contribution in [1.82, 2.24) is 0 Å². The molecule has 0 aromatic carbocycles. The van der Waals surface area contributed by atoms with Crippen LogP contribution in [-0.4, -0.2) is 165 Å². The number of hydrogen-bond acceptors (Lipinski definition) is 18. The van der Waals surface area contributed by atoms with Crippen LogP contribution >= 0.6 is 0 Å². The summed E-state index contributed by atoms with van der Waals surface area (Å²) in [6.07, 6.45) is -14.5. The summed E-state index contributed by atoms with van der Waals surface area (Å²) in [6.45, 7) is 3.89. The zero-order valence-corrected chi connectivity index (χ0v) is 28.9. The van der Waals surface area contributed by atoms with Crippen LogP contribution in [0.15, 0.2) is 23.5 Å². The fourth-order valence-electron chi connectivity index (χ4n) is 7.19. The highest BCUT2D eigenvalue weighted by Gasteiger charge is 2.48. The molecule has 0 bridgehead atoms. The third-order valence-electron chi connectivity index (χ3n) is 10.5. The van der Waals surface area contributed by atoms with Gasteiger partial charge in [-0.3, -0.25) is 4.79 Å². The molecule has 0 aromatic rings. The first-order valence-corrected chi connectivity index (χ1v) is 17.0. The van der Waals surface area contributed by atoms with E-state index in [-0.39, 0.29) is 54.5 Å². The number of aliphatic hydroxyl groups is 9. The lowest BCUT2D eigenvalue weighted by atomic mass is 9.83. The van der Waals surface area contributed by atoms with Crippen molar-refractivity contribution in [3.8, 4) is 0 Å². The van der Waals surface area contributed by atoms with Crippen LogP contribution in [0.3, 0.4) is 0 Å². The Hall–Kier alpha value is -2.30. The van der Waals surface area contributed by atoms with Crippen molar-refractivity contribution in [2.45, 2.75) is 107 Å². The third kappa shape index (κ3) is 9.09. The maximum absolute atomic E-state index is 13.4. The first-order valence-electron chi connectivity index (χ1n) is 17.0. The van der Waals surface area contributed by atoms with Crippen molar-refractivity contribution in [1.29, 1.82) is 0 Å². The zero-order chi connectivity index (χ0) is 37.7. The molecule has 18 nitrogen and oxygen atoms in total. The second kappa shape index (κ2) is 18.2. The number of ether oxygens (including phenoxy) is 7. The van der Waals surface area contributed by atoms with Gasteiger partial charge in [-0.25, -0.2) is 4.79 Å². The number of aliphatic hydroxyl groups excluding tert-OH is 9. The summed E-state index contributed by atoms with van der Waals surface area (Å²) in [4.78, 5) is 26.1. The average molecular weight is 737 g/mol. The average Bonchev–Trinajstić information content (AvgIpc) is 3.41. The molecule has 17 atom stereocenters. The predicted molar refractivity (Wildman–Crippen MR) is 168 cm³/mol. The summed E-state index contributed by atoms with van der Waals surface area (Å²) in [7, 11) is 1.15. The van der Waals surface area contributed by atoms with Crippen LogP contribution < -0.4 is 0 Å². The maximum Gasteiger partial charge on any atom is 0.337 e. The SMILES string of the molecule is C/C=C1/[C@H](O[C@@H]2O[C@H](CO)[C@@H](O)[C@H](O)[C@H]2O)OC=C(C(=O)OC)[C@H]1CC(=O)OC[C@@H]1[C@@H](C)[C@@H](O)C[C@H]1[C@@H](C)CO[C@@H]1O[C@H](CO)[C@@H](O)[C@H](O)[C@H]1O. The number of carbonyl (C=O) groups excluding carboxylic acids is 2. The Balaban J connectivity index is 1.41. The van der Waals surface area contributed by atoms with Gasteiger partial charge in [-0.1, -0.05) is 19.9 Å². The molecule has 292 valence electrons. The van der Waals surface area contributed by atoms with Crippen LogP contribution in [0.25, 0.3) is 0 Å². The molecular weight excluding hydrogens is 684 g/mol. The first-order chi connectivity index (χ1) is 24.2. The fraction of sp³-hybridized carbons (Fsp3) is 0.818. The van der Waals surface area contributed by atoms with Crippen molar-refractivity contribution in [3.05, 3.63) is 23.5 Å². The standard InChI is InChI=1S/C33H52O18/c1-5-15-17(19(30(44)45-4)12-48-31(15)51-33-29(43)27(41)25(39)22(9-35)50-33)7-23(37)46-11-18-14(3)20(36)6-16(18)13(2)10-47-32-28(42)26(40)24(38)21(8-34)49-32/h5,12-14,16-18,20-22,24-29,31-36,38-43H,6-11H2,1-4H3/b15-5+/t13-,14+,16-,17-,18+,20-,21+,22+,24+,25+,26-,27-,28+,29+,31-,32+,33-/m0/s1. The summed E-state index contributed by atoms with van der Waals surface area (Å²) < 4.78 is 38.6. The molecule has 3 heterocycles. The van der Waals surface area contributed by atoms with Crippen molar-refractivity contribution < 1.29 is 88.7 Å². The van der Waals surface area contributed by atoms with Crippen LogP contribution in [0.4, 0.5) is 0 Å². The summed E-state index contributed by atoms with van der Waals surface area (Å²) in [6, 6.07) is 0. The Labute approximate surface area is 294 Å². The van der Waals surface area contributed by atoms with Gasteiger partial charge in [-0.05, 0) is 31.1 Å². The Bertz CT molecular complexity index is 1220. The third-order valence-corrected chi connectivity index (χ3v) is 10.5. The normalized spacial score (nSPS) is 42.9. The molecule has 0 spiro atoms. The fourth-order valence-corrected chi connectivity index (χ4v) is 7.19. The number of carbonyl (C=O) groups is 2. The minimum absolute atomic E-state index is 0.00703. The van der Waals surface area contributed by atoms with Crippen LogP contribution in [-0.2, 0) is 42.7 Å². The maximum atomic E-state index is 13.4. The molecule has 3 aliphatic heterocycles. The molecule has 2 saturated heterocycles. The van der Waals surface area contributed by atoms with Crippen LogP contribution in [0.2, 0.25) is 0 Å². The predicted octanol–water partition coefficient (Wildman–Crippen LogP) is -3.20. The lowest BCUT2D eigenvalue weighted by Gasteiger charge is -2.42. The molecule has 0 radical (unpaired) electrons. The van der Waals surface area contributed by atoms with Crippen molar-refractivity contribution in [3.63, 3.8) is 0 Å². The van der Waals surface area contributed by atoms with Gasteiger partial charge >= 0.3 is 11.9 Å². The highest BCUT2D eigenvalue weighted by Crippen LogP contribution is 2.42. The molecule has 18 heteroatoms. The van der Waals surface area contributed by atoms with E-state index in [1.165, 1.54) is 6.08 Å². The molecular formula is C33H52O18. The van der Waals surface area contributed by atoms with E-state index in [2.05, 4.69) is 0 Å². The van der Waals surface area contributed by atoms with E-state index < -0.39 is 105 Å². The quantitative estimate of drug-likeness (QED) is 0.0665. The van der Waals surface area contributed by atoms with Crippen molar-refractivity contribution in [2.24, 2.45) is 29.6 Å². The minimum Gasteiger partial charge on any atom is -0.468 e. The summed E-state index contributed by atoms with van der Waals surface area (Å²) in [5.74, 6) is -3.57. The Morgan fingerprint density at radius 2 is 1.51 bits per heavy atom. The van der Waals surface area contributed by atoms with E-state index in [4.69, 9.17) is 33.2 Å². The molecule has 4 aliphatic rings. The largest absolute Gasteiger partial charge is 0.468 e. The van der Waals surface area contributed by atoms with E-state index >= 15 is 0 Å². The highest BCUT2D eigenvalue weighted by molar-refractivity contribution is 5.90. The Morgan fingerprint density at radius 3 is 2.08 bits per heavy atom. The second-order valence-electron chi connectivity index (χ2n) is 13.6. The van der Waals surface area contributed by atoms with Gasteiger partial charge in [0.2, 0.25) is 6.29 Å². The second-order valence-corrected chi connectivity index (χ2v) is 13.6. The lowest BCUT2D eigenvalue weighted by Crippen LogP contribution is -2.60. The molecule has 0 amide bonds. The number of allylic oxidation sites excluding steroid dienone is 1. The molecule has 1 aliphatic carbocycles. The van der Waals surface area contributed by atoms with E-state index in [9.17, 15) is 55.5 Å². The zero-order valence-electron chi connectivity index (χ0n) is 28.9. The molecule has 9 N–H and O–H groups in total. The Morgan fingerprint density at radius 1 is 0.922 bits per heavy atom. The van der Waals surface area contributed by atoms with Crippen molar-refractivity contribution >= 4 is 11.9 Å². The van der Waals surface area contributed by atoms with Gasteiger partial charge in [0.15, 0.2) is 12.6 Å². The smallest absolute Gasteiger partial charge is 0.337 e. The summed E-state index contributed by atoms with van der Waals surface area (Å²) in [5, 5.41) is 91.0. The van der Waals surface area contributed by atoms with Gasteiger partial charge < -0.3 is 79.1 Å². The summed E-state index contributed by atoms with van der Waals surface area (Å²) in [5.41, 5.74) is 0.228. The van der Waals surface area contributed by atoms with Gasteiger partial charge in [0.1, 0.15) is 48.8 Å². The van der Waals surface area contributed by atoms with E-state index in [1.54, 1.807) is 6.92 Å². The molecule has 0 unspecified atom stereocenters. The van der Waals surface area contributed by atoms with Gasteiger partial charge in [0.05, 0.1) is 57.9 Å². The van der Waals surface area contributed by atoms with Gasteiger partial charge in [-0.15, -0.1) is 0 Å². The van der Waals surface area contributed by atoms with Gasteiger partial charge in [0.25, 0.3) is 0 Å². The van der Waals surface area contributed by atoms with Crippen molar-refractivity contribution in [2.75, 3.05) is 33.5 Å². The summed E-state index contributed by atoms with van der Waals surface area (Å²) >= 11 is 0. The van der Waals surface area contributed by atoms with E-state index in [0.29, 0.717) is 6.42 Å². The minimum atomic E-state index is -1.74. The number of esters is 2. The topological polar surface area (TPSA) is 281 Å². The van der Waals surface area contributed by atoms with Gasteiger partial charge in [0, 0.05) is 17.4 Å². The number of methoxy groups -OCH3 is 1. The monoisotopic (exact) mass is 736 g/mol. The van der Waals surface area contributed by atoms with Crippen LogP contribution in [0, 0.1) is 29.6 Å². The number of hydrogen-bond donors (Lipinski definition) is 9. The molecule has 1 saturated carbocycles. The Kier molecular flexibility index (Phi) is 14.8. The molecule has 4 rings (SSSR count). The van der Waals surface area contributed by atoms with Crippen LogP contribution in [0.1, 0.15) is 33.6 Å². The molecule has 51 heavy (non-hydrogen) atoms. The van der Waals surface area contributed by atoms with E-state index in [1.807, 2.05) is 13.8 Å². The van der Waals surface area contributed by atoms with E-state index in [0.717, 1.165) is 13.4 Å². The number of rotatable bonds is 13. The lowest BCUT2D eigenvalue weighted by molar-refractivity contribution is -0.327. The first kappa shape index (κ1) is 41.5. The highest BCUT2D eigenvalue weighted by atomic mass is 16.8. The molecule has 3 fully saturated rings. The molecule has 0 aromatic heterocycles.